The number of amides is 1. The van der Waals surface area contributed by atoms with Crippen LogP contribution in [0.2, 0.25) is 0 Å². The first-order valence-electron chi connectivity index (χ1n) is 8.63. The molecule has 0 atom stereocenters. The van der Waals surface area contributed by atoms with E-state index in [0.29, 0.717) is 17.0 Å². The summed E-state index contributed by atoms with van der Waals surface area (Å²) in [5, 5.41) is 2.93. The van der Waals surface area contributed by atoms with Gasteiger partial charge < -0.3 is 14.6 Å². The maximum absolute atomic E-state index is 12.6. The van der Waals surface area contributed by atoms with E-state index in [4.69, 9.17) is 9.72 Å². The summed E-state index contributed by atoms with van der Waals surface area (Å²) >= 11 is 0. The van der Waals surface area contributed by atoms with Crippen molar-refractivity contribution < 1.29 is 9.53 Å². The minimum Gasteiger partial charge on any atom is -0.496 e. The van der Waals surface area contributed by atoms with Crippen LogP contribution in [0, 0.1) is 0 Å². The molecule has 0 aliphatic carbocycles. The number of carbonyl (C=O) groups excluding carboxylic acids is 1. The predicted octanol–water partition coefficient (Wildman–Crippen LogP) is 4.50. The molecule has 5 heteroatoms. The maximum Gasteiger partial charge on any atom is 0.259 e. The van der Waals surface area contributed by atoms with Crippen molar-refractivity contribution in [1.82, 2.24) is 9.55 Å². The van der Waals surface area contributed by atoms with Gasteiger partial charge in [-0.3, -0.25) is 4.79 Å². The van der Waals surface area contributed by atoms with Gasteiger partial charge in [0.25, 0.3) is 5.91 Å². The van der Waals surface area contributed by atoms with Crippen molar-refractivity contribution in [2.45, 2.75) is 0 Å². The highest BCUT2D eigenvalue weighted by atomic mass is 16.5. The van der Waals surface area contributed by atoms with Crippen LogP contribution in [0.3, 0.4) is 0 Å². The molecular weight excluding hydrogens is 338 g/mol. The number of aryl methyl sites for hydroxylation is 1. The number of hydrogen-bond acceptors (Lipinski definition) is 3. The summed E-state index contributed by atoms with van der Waals surface area (Å²) in [6.45, 7) is 0. The van der Waals surface area contributed by atoms with Crippen LogP contribution in [0.5, 0.6) is 5.75 Å². The average molecular weight is 357 g/mol. The molecule has 1 heterocycles. The van der Waals surface area contributed by atoms with Crippen LogP contribution < -0.4 is 10.1 Å². The number of nitrogens with one attached hydrogen (secondary N) is 1. The van der Waals surface area contributed by atoms with E-state index in [2.05, 4.69) is 9.88 Å². The molecule has 0 aliphatic heterocycles. The third kappa shape index (κ3) is 3.15. The lowest BCUT2D eigenvalue weighted by molar-refractivity contribution is 0.102. The maximum atomic E-state index is 12.6. The van der Waals surface area contributed by atoms with Crippen molar-refractivity contribution in [2.24, 2.45) is 7.05 Å². The molecule has 0 bridgehead atoms. The SMILES string of the molecule is COc1ccccc1C(=O)Nc1ccc2c(c1)nc(-c1ccccc1)n2C. The molecule has 1 amide bonds. The van der Waals surface area contributed by atoms with Gasteiger partial charge in [-0.25, -0.2) is 4.98 Å². The Morgan fingerprint density at radius 3 is 2.52 bits per heavy atom. The molecule has 0 spiro atoms. The number of carbonyl (C=O) groups is 1. The molecule has 0 radical (unpaired) electrons. The van der Waals surface area contributed by atoms with Crippen LogP contribution in [0.25, 0.3) is 22.4 Å². The number of anilines is 1. The molecule has 0 unspecified atom stereocenters. The van der Waals surface area contributed by atoms with E-state index < -0.39 is 0 Å². The van der Waals surface area contributed by atoms with Crippen molar-refractivity contribution in [1.29, 1.82) is 0 Å². The standard InChI is InChI=1S/C22H19N3O2/c1-25-19-13-12-16(23-22(26)17-10-6-7-11-20(17)27-2)14-18(19)24-21(25)15-8-4-3-5-9-15/h3-14H,1-2H3,(H,23,26). The molecule has 1 aromatic heterocycles. The van der Waals surface area contributed by atoms with Gasteiger partial charge in [0.2, 0.25) is 0 Å². The lowest BCUT2D eigenvalue weighted by Gasteiger charge is -2.09. The first-order valence-corrected chi connectivity index (χ1v) is 8.63. The zero-order chi connectivity index (χ0) is 18.8. The zero-order valence-electron chi connectivity index (χ0n) is 15.1. The van der Waals surface area contributed by atoms with E-state index >= 15 is 0 Å². The van der Waals surface area contributed by atoms with Gasteiger partial charge in [0.1, 0.15) is 11.6 Å². The summed E-state index contributed by atoms with van der Waals surface area (Å²) in [6.07, 6.45) is 0. The Morgan fingerprint density at radius 1 is 1.00 bits per heavy atom. The van der Waals surface area contributed by atoms with E-state index in [9.17, 15) is 4.79 Å². The van der Waals surface area contributed by atoms with Crippen molar-refractivity contribution in [3.63, 3.8) is 0 Å². The molecule has 0 saturated heterocycles. The highest BCUT2D eigenvalue weighted by molar-refractivity contribution is 6.06. The molecule has 0 aliphatic rings. The molecule has 5 nitrogen and oxygen atoms in total. The first kappa shape index (κ1) is 16.8. The fraction of sp³-hybridized carbons (Fsp3) is 0.0909. The fourth-order valence-electron chi connectivity index (χ4n) is 3.15. The lowest BCUT2D eigenvalue weighted by Crippen LogP contribution is -2.13. The molecular formula is C22H19N3O2. The molecule has 4 rings (SSSR count). The monoisotopic (exact) mass is 357 g/mol. The number of aromatic nitrogens is 2. The fourth-order valence-corrected chi connectivity index (χ4v) is 3.15. The summed E-state index contributed by atoms with van der Waals surface area (Å²) in [6, 6.07) is 22.9. The topological polar surface area (TPSA) is 56.1 Å². The van der Waals surface area contributed by atoms with Gasteiger partial charge in [-0.15, -0.1) is 0 Å². The minimum atomic E-state index is -0.217. The second-order valence-electron chi connectivity index (χ2n) is 6.22. The number of fused-ring (bicyclic) bond motifs is 1. The lowest BCUT2D eigenvalue weighted by atomic mass is 10.2. The van der Waals surface area contributed by atoms with E-state index in [1.54, 1.807) is 19.2 Å². The molecule has 0 saturated carbocycles. The Hall–Kier alpha value is -3.60. The Kier molecular flexibility index (Phi) is 4.34. The highest BCUT2D eigenvalue weighted by Gasteiger charge is 2.14. The Balaban J connectivity index is 1.67. The van der Waals surface area contributed by atoms with Crippen molar-refractivity contribution in [2.75, 3.05) is 12.4 Å². The quantitative estimate of drug-likeness (QED) is 0.585. The van der Waals surface area contributed by atoms with E-state index in [1.807, 2.05) is 67.7 Å². The van der Waals surface area contributed by atoms with Crippen molar-refractivity contribution in [3.8, 4) is 17.1 Å². The third-order valence-corrected chi connectivity index (χ3v) is 4.52. The average Bonchev–Trinajstić information content (AvgIpc) is 3.04. The molecule has 1 N–H and O–H groups in total. The number of benzene rings is 3. The van der Waals surface area contributed by atoms with Crippen molar-refractivity contribution in [3.05, 3.63) is 78.4 Å². The van der Waals surface area contributed by atoms with E-state index in [0.717, 1.165) is 22.4 Å². The second kappa shape index (κ2) is 6.96. The number of methoxy groups -OCH3 is 1. The van der Waals surface area contributed by atoms with Gasteiger partial charge in [-0.05, 0) is 30.3 Å². The summed E-state index contributed by atoms with van der Waals surface area (Å²) in [5.74, 6) is 1.21. The number of para-hydroxylation sites is 1. The van der Waals surface area contributed by atoms with Crippen LogP contribution in [-0.2, 0) is 7.05 Å². The van der Waals surface area contributed by atoms with Gasteiger partial charge in [-0.1, -0.05) is 42.5 Å². The first-order chi connectivity index (χ1) is 13.2. The van der Waals surface area contributed by atoms with Gasteiger partial charge in [0.15, 0.2) is 0 Å². The predicted molar refractivity (Wildman–Crippen MR) is 107 cm³/mol. The number of ether oxygens (including phenoxy) is 1. The summed E-state index contributed by atoms with van der Waals surface area (Å²) in [4.78, 5) is 17.4. The molecule has 134 valence electrons. The number of nitrogens with zero attached hydrogens (tertiary/aromatic N) is 2. The smallest absolute Gasteiger partial charge is 0.259 e. The number of rotatable bonds is 4. The van der Waals surface area contributed by atoms with Gasteiger partial charge in [0.05, 0.1) is 23.7 Å². The highest BCUT2D eigenvalue weighted by Crippen LogP contribution is 2.26. The van der Waals surface area contributed by atoms with Crippen LogP contribution in [0.1, 0.15) is 10.4 Å². The number of imidazole rings is 1. The largest absolute Gasteiger partial charge is 0.496 e. The Morgan fingerprint density at radius 2 is 1.74 bits per heavy atom. The molecule has 27 heavy (non-hydrogen) atoms. The third-order valence-electron chi connectivity index (χ3n) is 4.52. The van der Waals surface area contributed by atoms with Crippen LogP contribution in [0.15, 0.2) is 72.8 Å². The normalized spacial score (nSPS) is 10.7. The van der Waals surface area contributed by atoms with Crippen LogP contribution in [-0.4, -0.2) is 22.6 Å². The van der Waals surface area contributed by atoms with Gasteiger partial charge in [0, 0.05) is 18.3 Å². The zero-order valence-corrected chi connectivity index (χ0v) is 15.1. The molecule has 3 aromatic carbocycles. The summed E-state index contributed by atoms with van der Waals surface area (Å²) < 4.78 is 7.32. The Bertz CT molecular complexity index is 1120. The van der Waals surface area contributed by atoms with E-state index in [1.165, 1.54) is 0 Å². The molecule has 4 aromatic rings. The van der Waals surface area contributed by atoms with Crippen LogP contribution in [0.4, 0.5) is 5.69 Å². The van der Waals surface area contributed by atoms with Gasteiger partial charge in [-0.2, -0.15) is 0 Å². The van der Waals surface area contributed by atoms with Gasteiger partial charge >= 0.3 is 0 Å². The van der Waals surface area contributed by atoms with Crippen molar-refractivity contribution >= 4 is 22.6 Å². The second-order valence-corrected chi connectivity index (χ2v) is 6.22. The minimum absolute atomic E-state index is 0.217. The van der Waals surface area contributed by atoms with Crippen LogP contribution >= 0.6 is 0 Å². The summed E-state index contributed by atoms with van der Waals surface area (Å²) in [5.41, 5.74) is 4.07. The molecule has 0 fully saturated rings. The number of hydrogen-bond donors (Lipinski definition) is 1. The Labute approximate surface area is 157 Å². The van der Waals surface area contributed by atoms with E-state index in [-0.39, 0.29) is 5.91 Å². The summed E-state index contributed by atoms with van der Waals surface area (Å²) in [7, 11) is 3.54.